The maximum atomic E-state index is 12.7. The molecule has 0 unspecified atom stereocenters. The standard InChI is InChI=1S/C22H31N5O2/c1-5-27-20(15-19(24-27)16(2)3)22(29)23-18-8-6-17(7-9-18)14-21(28)26-12-10-25(4)11-13-26/h6-9,15-16H,5,10-14H2,1-4H3,(H,23,29). The third-order valence-corrected chi connectivity index (χ3v) is 5.35. The third kappa shape index (κ3) is 5.23. The number of carbonyl (C=O) groups excluding carboxylic acids is 2. The van der Waals surface area contributed by atoms with Crippen molar-refractivity contribution < 1.29 is 9.59 Å². The molecule has 0 spiro atoms. The van der Waals surface area contributed by atoms with Crippen LogP contribution in [0.15, 0.2) is 30.3 Å². The molecule has 1 N–H and O–H groups in total. The fourth-order valence-electron chi connectivity index (χ4n) is 3.39. The minimum absolute atomic E-state index is 0.156. The number of nitrogens with zero attached hydrogens (tertiary/aromatic N) is 4. The molecular weight excluding hydrogens is 366 g/mol. The van der Waals surface area contributed by atoms with Gasteiger partial charge in [-0.2, -0.15) is 5.10 Å². The van der Waals surface area contributed by atoms with Crippen LogP contribution in [0.3, 0.4) is 0 Å². The van der Waals surface area contributed by atoms with Crippen LogP contribution < -0.4 is 5.32 Å². The molecule has 0 atom stereocenters. The van der Waals surface area contributed by atoms with E-state index in [0.717, 1.165) is 37.4 Å². The smallest absolute Gasteiger partial charge is 0.273 e. The minimum Gasteiger partial charge on any atom is -0.340 e. The average Bonchev–Trinajstić information content (AvgIpc) is 3.15. The van der Waals surface area contributed by atoms with Crippen molar-refractivity contribution >= 4 is 17.5 Å². The predicted octanol–water partition coefficient (Wildman–Crippen LogP) is 2.60. The molecule has 0 radical (unpaired) electrons. The highest BCUT2D eigenvalue weighted by molar-refractivity contribution is 6.03. The Morgan fingerprint density at radius 3 is 2.34 bits per heavy atom. The Morgan fingerprint density at radius 2 is 1.76 bits per heavy atom. The molecule has 0 bridgehead atoms. The topological polar surface area (TPSA) is 70.5 Å². The lowest BCUT2D eigenvalue weighted by atomic mass is 10.1. The van der Waals surface area contributed by atoms with E-state index in [1.807, 2.05) is 42.2 Å². The van der Waals surface area contributed by atoms with Crippen LogP contribution in [0.4, 0.5) is 5.69 Å². The van der Waals surface area contributed by atoms with Crippen molar-refractivity contribution in [3.05, 3.63) is 47.3 Å². The van der Waals surface area contributed by atoms with Gasteiger partial charge in [0, 0.05) is 38.4 Å². The maximum absolute atomic E-state index is 12.7. The van der Waals surface area contributed by atoms with Gasteiger partial charge in [0.1, 0.15) is 5.69 Å². The summed E-state index contributed by atoms with van der Waals surface area (Å²) < 4.78 is 1.73. The average molecular weight is 398 g/mol. The van der Waals surface area contributed by atoms with E-state index in [1.165, 1.54) is 0 Å². The van der Waals surface area contributed by atoms with Crippen LogP contribution in [0.2, 0.25) is 0 Å². The van der Waals surface area contributed by atoms with E-state index >= 15 is 0 Å². The molecule has 1 aliphatic heterocycles. The van der Waals surface area contributed by atoms with E-state index in [-0.39, 0.29) is 17.7 Å². The van der Waals surface area contributed by atoms with Crippen LogP contribution in [0.1, 0.15) is 48.4 Å². The molecule has 1 aromatic heterocycles. The number of rotatable bonds is 6. The van der Waals surface area contributed by atoms with Crippen LogP contribution in [0.25, 0.3) is 0 Å². The Morgan fingerprint density at radius 1 is 1.10 bits per heavy atom. The number of benzene rings is 1. The second kappa shape index (κ2) is 9.22. The fraction of sp³-hybridized carbons (Fsp3) is 0.500. The Kier molecular flexibility index (Phi) is 6.69. The summed E-state index contributed by atoms with van der Waals surface area (Å²) in [6.45, 7) is 10.1. The summed E-state index contributed by atoms with van der Waals surface area (Å²) in [5.41, 5.74) is 3.13. The van der Waals surface area contributed by atoms with Gasteiger partial charge in [-0.3, -0.25) is 14.3 Å². The van der Waals surface area contributed by atoms with Crippen molar-refractivity contribution in [1.82, 2.24) is 19.6 Å². The molecule has 3 rings (SSSR count). The monoisotopic (exact) mass is 397 g/mol. The molecule has 2 heterocycles. The number of piperazine rings is 1. The predicted molar refractivity (Wildman–Crippen MR) is 114 cm³/mol. The van der Waals surface area contributed by atoms with Gasteiger partial charge in [-0.15, -0.1) is 0 Å². The van der Waals surface area contributed by atoms with Crippen LogP contribution in [0, 0.1) is 0 Å². The van der Waals surface area contributed by atoms with Crippen LogP contribution >= 0.6 is 0 Å². The highest BCUT2D eigenvalue weighted by atomic mass is 16.2. The Balaban J connectivity index is 1.60. The second-order valence-corrected chi connectivity index (χ2v) is 7.94. The van der Waals surface area contributed by atoms with E-state index in [0.29, 0.717) is 24.3 Å². The molecule has 1 saturated heterocycles. The summed E-state index contributed by atoms with van der Waals surface area (Å²) >= 11 is 0. The van der Waals surface area contributed by atoms with Crippen molar-refractivity contribution in [2.75, 3.05) is 38.5 Å². The van der Waals surface area contributed by atoms with Gasteiger partial charge < -0.3 is 15.1 Å². The number of amides is 2. The molecule has 156 valence electrons. The molecule has 2 amide bonds. The lowest BCUT2D eigenvalue weighted by molar-refractivity contribution is -0.132. The van der Waals surface area contributed by atoms with Gasteiger partial charge in [0.15, 0.2) is 0 Å². The Bertz CT molecular complexity index is 849. The summed E-state index contributed by atoms with van der Waals surface area (Å²) in [6.07, 6.45) is 0.387. The quantitative estimate of drug-likeness (QED) is 0.813. The first-order valence-electron chi connectivity index (χ1n) is 10.3. The molecule has 2 aromatic rings. The van der Waals surface area contributed by atoms with Gasteiger partial charge in [0.25, 0.3) is 5.91 Å². The highest BCUT2D eigenvalue weighted by Crippen LogP contribution is 2.17. The number of nitrogens with one attached hydrogen (secondary N) is 1. The van der Waals surface area contributed by atoms with Gasteiger partial charge in [0.2, 0.25) is 5.91 Å². The molecule has 1 aliphatic rings. The number of hydrogen-bond donors (Lipinski definition) is 1. The van der Waals surface area contributed by atoms with E-state index in [2.05, 4.69) is 36.2 Å². The molecule has 1 fully saturated rings. The number of anilines is 1. The fourth-order valence-corrected chi connectivity index (χ4v) is 3.39. The summed E-state index contributed by atoms with van der Waals surface area (Å²) in [7, 11) is 2.08. The number of carbonyl (C=O) groups is 2. The maximum Gasteiger partial charge on any atom is 0.273 e. The second-order valence-electron chi connectivity index (χ2n) is 7.94. The third-order valence-electron chi connectivity index (χ3n) is 5.35. The van der Waals surface area contributed by atoms with Gasteiger partial charge in [-0.05, 0) is 43.7 Å². The summed E-state index contributed by atoms with van der Waals surface area (Å²) in [5, 5.41) is 7.43. The number of aryl methyl sites for hydroxylation is 1. The Hall–Kier alpha value is -2.67. The molecule has 29 heavy (non-hydrogen) atoms. The summed E-state index contributed by atoms with van der Waals surface area (Å²) in [5.74, 6) is 0.252. The van der Waals surface area contributed by atoms with E-state index in [4.69, 9.17) is 0 Å². The highest BCUT2D eigenvalue weighted by Gasteiger charge is 2.19. The van der Waals surface area contributed by atoms with Crippen molar-refractivity contribution in [2.45, 2.75) is 39.7 Å². The number of hydrogen-bond acceptors (Lipinski definition) is 4. The molecule has 0 aliphatic carbocycles. The zero-order chi connectivity index (χ0) is 21.0. The van der Waals surface area contributed by atoms with E-state index in [9.17, 15) is 9.59 Å². The lowest BCUT2D eigenvalue weighted by Crippen LogP contribution is -2.47. The molecule has 1 aromatic carbocycles. The zero-order valence-corrected chi connectivity index (χ0v) is 17.8. The largest absolute Gasteiger partial charge is 0.340 e. The van der Waals surface area contributed by atoms with Gasteiger partial charge >= 0.3 is 0 Å². The van der Waals surface area contributed by atoms with Gasteiger partial charge in [-0.25, -0.2) is 0 Å². The molecule has 7 heteroatoms. The van der Waals surface area contributed by atoms with Crippen molar-refractivity contribution in [3.63, 3.8) is 0 Å². The first kappa shape index (κ1) is 21.0. The van der Waals surface area contributed by atoms with Gasteiger partial charge in [-0.1, -0.05) is 26.0 Å². The molecule has 7 nitrogen and oxygen atoms in total. The lowest BCUT2D eigenvalue weighted by Gasteiger charge is -2.32. The van der Waals surface area contributed by atoms with Crippen LogP contribution in [-0.4, -0.2) is 64.6 Å². The van der Waals surface area contributed by atoms with Crippen LogP contribution in [-0.2, 0) is 17.8 Å². The van der Waals surface area contributed by atoms with Crippen molar-refractivity contribution in [3.8, 4) is 0 Å². The first-order valence-corrected chi connectivity index (χ1v) is 10.3. The molecular formula is C22H31N5O2. The Labute approximate surface area is 172 Å². The summed E-state index contributed by atoms with van der Waals surface area (Å²) in [6, 6.07) is 9.36. The van der Waals surface area contributed by atoms with Crippen molar-refractivity contribution in [1.29, 1.82) is 0 Å². The van der Waals surface area contributed by atoms with Crippen LogP contribution in [0.5, 0.6) is 0 Å². The molecule has 0 saturated carbocycles. The number of aromatic nitrogens is 2. The normalized spacial score (nSPS) is 15.0. The summed E-state index contributed by atoms with van der Waals surface area (Å²) in [4.78, 5) is 29.3. The van der Waals surface area contributed by atoms with E-state index in [1.54, 1.807) is 4.68 Å². The number of likely N-dealkylation sites (N-methyl/N-ethyl adjacent to an activating group) is 1. The SMILES string of the molecule is CCn1nc(C(C)C)cc1C(=O)Nc1ccc(CC(=O)N2CCN(C)CC2)cc1. The minimum atomic E-state index is -0.174. The first-order chi connectivity index (χ1) is 13.9. The van der Waals surface area contributed by atoms with Crippen molar-refractivity contribution in [2.24, 2.45) is 0 Å². The van der Waals surface area contributed by atoms with Gasteiger partial charge in [0.05, 0.1) is 12.1 Å². The zero-order valence-electron chi connectivity index (χ0n) is 17.8. The van der Waals surface area contributed by atoms with E-state index < -0.39 is 0 Å².